The number of hydrogen-bond donors (Lipinski definition) is 1. The number of halogens is 5. The van der Waals surface area contributed by atoms with Gasteiger partial charge in [-0.3, -0.25) is 0 Å². The second kappa shape index (κ2) is 5.36. The van der Waals surface area contributed by atoms with Crippen molar-refractivity contribution in [2.24, 2.45) is 5.73 Å². The molecule has 1 atom stereocenters. The summed E-state index contributed by atoms with van der Waals surface area (Å²) < 4.78 is 65.5. The predicted molar refractivity (Wildman–Crippen MR) is 65.9 cm³/mol. The van der Waals surface area contributed by atoms with E-state index in [1.807, 2.05) is 0 Å². The molecule has 2 N–H and O–H groups in total. The van der Waals surface area contributed by atoms with Gasteiger partial charge in [0.05, 0.1) is 0 Å². The molecule has 0 bridgehead atoms. The van der Waals surface area contributed by atoms with Crippen LogP contribution in [0.1, 0.15) is 17.5 Å². The molecule has 1 nitrogen and oxygen atoms in total. The second-order valence-corrected chi connectivity index (χ2v) is 4.48. The summed E-state index contributed by atoms with van der Waals surface area (Å²) in [6, 6.07) is 3.68. The molecule has 1 aliphatic rings. The summed E-state index contributed by atoms with van der Waals surface area (Å²) in [7, 11) is 0. The average molecular weight is 289 g/mol. The molecule has 0 aliphatic heterocycles. The molecule has 0 heterocycles. The van der Waals surface area contributed by atoms with Crippen LogP contribution in [0.4, 0.5) is 22.0 Å². The first-order chi connectivity index (χ1) is 9.32. The van der Waals surface area contributed by atoms with Gasteiger partial charge in [0.1, 0.15) is 12.0 Å². The first-order valence-corrected chi connectivity index (χ1v) is 5.94. The van der Waals surface area contributed by atoms with Crippen LogP contribution in [0.3, 0.4) is 0 Å². The molecule has 108 valence electrons. The van der Waals surface area contributed by atoms with Crippen molar-refractivity contribution in [2.45, 2.75) is 25.3 Å². The Balaban J connectivity index is 2.53. The minimum Gasteiger partial charge on any atom is -0.326 e. The van der Waals surface area contributed by atoms with E-state index in [1.54, 1.807) is 0 Å². The highest BCUT2D eigenvalue weighted by Gasteiger charge is 2.38. The minimum absolute atomic E-state index is 0.0420. The Bertz CT molecular complexity index is 571. The van der Waals surface area contributed by atoms with Gasteiger partial charge in [-0.1, -0.05) is 18.2 Å². The van der Waals surface area contributed by atoms with Crippen LogP contribution < -0.4 is 5.73 Å². The Hall–Kier alpha value is -1.69. The molecule has 0 amide bonds. The van der Waals surface area contributed by atoms with Gasteiger partial charge in [-0.25, -0.2) is 8.78 Å². The van der Waals surface area contributed by atoms with Crippen molar-refractivity contribution in [2.75, 3.05) is 0 Å². The van der Waals surface area contributed by atoms with Gasteiger partial charge in [0.2, 0.25) is 0 Å². The highest BCUT2D eigenvalue weighted by Crippen LogP contribution is 2.39. The molecule has 0 aromatic heterocycles. The third-order valence-electron chi connectivity index (χ3n) is 3.12. The van der Waals surface area contributed by atoms with Crippen LogP contribution in [0.5, 0.6) is 0 Å². The zero-order valence-electron chi connectivity index (χ0n) is 10.3. The van der Waals surface area contributed by atoms with Gasteiger partial charge >= 0.3 is 6.18 Å². The van der Waals surface area contributed by atoms with E-state index in [9.17, 15) is 22.0 Å². The summed E-state index contributed by atoms with van der Waals surface area (Å²) >= 11 is 0. The fourth-order valence-electron chi connectivity index (χ4n) is 2.09. The molecule has 1 aromatic carbocycles. The second-order valence-electron chi connectivity index (χ2n) is 4.48. The summed E-state index contributed by atoms with van der Waals surface area (Å²) in [5.74, 6) is -0.671. The Morgan fingerprint density at radius 3 is 2.50 bits per heavy atom. The maximum atomic E-state index is 13.6. The topological polar surface area (TPSA) is 26.0 Å². The number of allylic oxidation sites excluding steroid dienone is 4. The molecule has 0 radical (unpaired) electrons. The lowest BCUT2D eigenvalue weighted by Gasteiger charge is -2.21. The highest BCUT2D eigenvalue weighted by molar-refractivity contribution is 5.79. The van der Waals surface area contributed by atoms with Crippen molar-refractivity contribution in [1.82, 2.24) is 0 Å². The van der Waals surface area contributed by atoms with Gasteiger partial charge in [0, 0.05) is 24.1 Å². The molecule has 0 fully saturated rings. The molecule has 1 aliphatic carbocycles. The van der Waals surface area contributed by atoms with Crippen LogP contribution in [0, 0.1) is 5.82 Å². The lowest BCUT2D eigenvalue weighted by molar-refractivity contribution is -0.0947. The normalized spacial score (nSPS) is 19.6. The van der Waals surface area contributed by atoms with Gasteiger partial charge in [-0.2, -0.15) is 13.2 Å². The Morgan fingerprint density at radius 2 is 1.95 bits per heavy atom. The van der Waals surface area contributed by atoms with Gasteiger partial charge in [-0.15, -0.1) is 0 Å². The smallest absolute Gasteiger partial charge is 0.326 e. The standard InChI is InChI=1S/C14H12F5N/c15-10-3-4-11(12(6-10)14(17,18)19)8-1-2-9(7-20)13(16)5-8/h1-5,10H,6-7,20H2. The maximum Gasteiger partial charge on any atom is 0.413 e. The summed E-state index contributed by atoms with van der Waals surface area (Å²) in [4.78, 5) is 0. The van der Waals surface area contributed by atoms with Crippen LogP contribution in [0.15, 0.2) is 35.9 Å². The van der Waals surface area contributed by atoms with Crippen LogP contribution in [0.2, 0.25) is 0 Å². The van der Waals surface area contributed by atoms with Gasteiger partial charge in [-0.05, 0) is 23.3 Å². The largest absolute Gasteiger partial charge is 0.413 e. The van der Waals surface area contributed by atoms with E-state index >= 15 is 0 Å². The molecule has 1 unspecified atom stereocenters. The lowest BCUT2D eigenvalue weighted by atomic mass is 9.90. The van der Waals surface area contributed by atoms with Crippen LogP contribution in [0.25, 0.3) is 5.57 Å². The third-order valence-corrected chi connectivity index (χ3v) is 3.12. The van der Waals surface area contributed by atoms with E-state index in [1.165, 1.54) is 12.1 Å². The van der Waals surface area contributed by atoms with Crippen molar-refractivity contribution in [3.63, 3.8) is 0 Å². The third kappa shape index (κ3) is 2.90. The zero-order valence-corrected chi connectivity index (χ0v) is 10.3. The molecule has 6 heteroatoms. The van der Waals surface area contributed by atoms with E-state index < -0.39 is 30.2 Å². The summed E-state index contributed by atoms with van der Waals surface area (Å²) in [5.41, 5.74) is 4.40. The monoisotopic (exact) mass is 289 g/mol. The van der Waals surface area contributed by atoms with Gasteiger partial charge in [0.15, 0.2) is 0 Å². The lowest BCUT2D eigenvalue weighted by Crippen LogP contribution is -2.19. The van der Waals surface area contributed by atoms with E-state index in [-0.39, 0.29) is 23.2 Å². The van der Waals surface area contributed by atoms with Crippen molar-refractivity contribution in [3.05, 3.63) is 52.9 Å². The van der Waals surface area contributed by atoms with E-state index in [0.717, 1.165) is 18.2 Å². The molecule has 0 saturated carbocycles. The first-order valence-electron chi connectivity index (χ1n) is 5.94. The number of rotatable bonds is 2. The minimum atomic E-state index is -4.65. The fraction of sp³-hybridized carbons (Fsp3) is 0.286. The van der Waals surface area contributed by atoms with E-state index in [2.05, 4.69) is 0 Å². The molecule has 0 saturated heterocycles. The molecule has 2 rings (SSSR count). The Kier molecular flexibility index (Phi) is 3.94. The number of nitrogens with two attached hydrogens (primary N) is 1. The number of hydrogen-bond acceptors (Lipinski definition) is 1. The van der Waals surface area contributed by atoms with Crippen molar-refractivity contribution >= 4 is 5.57 Å². The predicted octanol–water partition coefficient (Wildman–Crippen LogP) is 3.90. The van der Waals surface area contributed by atoms with Crippen molar-refractivity contribution in [3.8, 4) is 0 Å². The van der Waals surface area contributed by atoms with Crippen LogP contribution >= 0.6 is 0 Å². The van der Waals surface area contributed by atoms with E-state index in [4.69, 9.17) is 5.73 Å². The Labute approximate surface area is 112 Å². The molecule has 20 heavy (non-hydrogen) atoms. The SMILES string of the molecule is NCc1ccc(C2=C(C(F)(F)F)CC(F)C=C2)cc1F. The number of alkyl halides is 4. The zero-order chi connectivity index (χ0) is 14.9. The molecular formula is C14H12F5N. The molecular weight excluding hydrogens is 277 g/mol. The van der Waals surface area contributed by atoms with Crippen molar-refractivity contribution in [1.29, 1.82) is 0 Å². The summed E-state index contributed by atoms with van der Waals surface area (Å²) in [6.07, 6.45) is -4.99. The Morgan fingerprint density at radius 1 is 1.25 bits per heavy atom. The van der Waals surface area contributed by atoms with E-state index in [0.29, 0.717) is 0 Å². The van der Waals surface area contributed by atoms with Gasteiger partial charge in [0.25, 0.3) is 0 Å². The fourth-order valence-corrected chi connectivity index (χ4v) is 2.09. The van der Waals surface area contributed by atoms with Crippen molar-refractivity contribution < 1.29 is 22.0 Å². The highest BCUT2D eigenvalue weighted by atomic mass is 19.4. The molecule has 0 spiro atoms. The summed E-state index contributed by atoms with van der Waals surface area (Å²) in [6.45, 7) is -0.0420. The quantitative estimate of drug-likeness (QED) is 0.821. The van der Waals surface area contributed by atoms with Crippen LogP contribution in [-0.4, -0.2) is 12.3 Å². The van der Waals surface area contributed by atoms with Crippen LogP contribution in [-0.2, 0) is 6.54 Å². The van der Waals surface area contributed by atoms with Gasteiger partial charge < -0.3 is 5.73 Å². The number of benzene rings is 1. The average Bonchev–Trinajstić information content (AvgIpc) is 2.37. The maximum absolute atomic E-state index is 13.6. The molecule has 1 aromatic rings. The first kappa shape index (κ1) is 14.7. The summed E-state index contributed by atoms with van der Waals surface area (Å²) in [5, 5.41) is 0.